The first-order chi connectivity index (χ1) is 8.70. The first-order valence-electron chi connectivity index (χ1n) is 6.54. The molecule has 0 bridgehead atoms. The summed E-state index contributed by atoms with van der Waals surface area (Å²) in [7, 11) is 1.77. The van der Waals surface area contributed by atoms with E-state index in [9.17, 15) is 9.50 Å². The number of hydrogen-bond donors (Lipinski definition) is 2. The Kier molecular flexibility index (Phi) is 4.69. The highest BCUT2D eigenvalue weighted by Gasteiger charge is 2.15. The minimum atomic E-state index is -0.648. The van der Waals surface area contributed by atoms with Crippen LogP contribution < -0.4 is 5.32 Å². The van der Waals surface area contributed by atoms with E-state index in [0.717, 1.165) is 18.7 Å². The number of likely N-dealkylation sites (tertiary alicyclic amines) is 1. The Morgan fingerprint density at radius 3 is 2.72 bits per heavy atom. The van der Waals surface area contributed by atoms with Crippen molar-refractivity contribution in [1.29, 1.82) is 0 Å². The smallest absolute Gasteiger partial charge is 0.128 e. The van der Waals surface area contributed by atoms with Gasteiger partial charge < -0.3 is 10.4 Å². The number of aliphatic hydroxyl groups excluding tert-OH is 1. The second-order valence-corrected chi connectivity index (χ2v) is 4.91. The van der Waals surface area contributed by atoms with Crippen molar-refractivity contribution < 1.29 is 9.50 Å². The lowest BCUT2D eigenvalue weighted by Gasteiger charge is -2.16. The van der Waals surface area contributed by atoms with Gasteiger partial charge in [-0.3, -0.25) is 4.90 Å². The molecule has 1 unspecified atom stereocenters. The van der Waals surface area contributed by atoms with Crippen LogP contribution in [-0.4, -0.2) is 36.7 Å². The molecule has 0 saturated carbocycles. The van der Waals surface area contributed by atoms with Gasteiger partial charge in [0.05, 0.1) is 6.10 Å². The number of likely N-dealkylation sites (N-methyl/N-ethyl adjacent to an activating group) is 1. The fourth-order valence-corrected chi connectivity index (χ4v) is 2.39. The Morgan fingerprint density at radius 1 is 1.39 bits per heavy atom. The Bertz CT molecular complexity index is 391. The summed E-state index contributed by atoms with van der Waals surface area (Å²) in [5, 5.41) is 12.7. The van der Waals surface area contributed by atoms with Crippen molar-refractivity contribution in [3.05, 3.63) is 35.1 Å². The summed E-state index contributed by atoms with van der Waals surface area (Å²) in [6.45, 7) is 3.23. The number of halogens is 1. The fourth-order valence-electron chi connectivity index (χ4n) is 2.39. The van der Waals surface area contributed by atoms with Crippen molar-refractivity contribution in [2.24, 2.45) is 0 Å². The summed E-state index contributed by atoms with van der Waals surface area (Å²) in [5.74, 6) is -0.213. The molecule has 18 heavy (non-hydrogen) atoms. The minimum Gasteiger partial charge on any atom is -0.387 e. The van der Waals surface area contributed by atoms with Crippen LogP contribution in [0.5, 0.6) is 0 Å². The lowest BCUT2D eigenvalue weighted by Crippen LogP contribution is -2.20. The predicted molar refractivity (Wildman–Crippen MR) is 69.8 cm³/mol. The molecular weight excluding hydrogens is 231 g/mol. The Hall–Kier alpha value is -0.970. The van der Waals surface area contributed by atoms with Crippen LogP contribution in [0.3, 0.4) is 0 Å². The second kappa shape index (κ2) is 6.27. The normalized spacial score (nSPS) is 18.2. The van der Waals surface area contributed by atoms with Gasteiger partial charge in [0.2, 0.25) is 0 Å². The highest BCUT2D eigenvalue weighted by molar-refractivity contribution is 5.26. The largest absolute Gasteiger partial charge is 0.387 e. The molecule has 1 heterocycles. The van der Waals surface area contributed by atoms with Crippen molar-refractivity contribution in [1.82, 2.24) is 10.2 Å². The van der Waals surface area contributed by atoms with Crippen molar-refractivity contribution in [3.8, 4) is 0 Å². The number of nitrogens with zero attached hydrogens (tertiary/aromatic N) is 1. The van der Waals surface area contributed by atoms with E-state index in [1.165, 1.54) is 18.9 Å². The zero-order valence-corrected chi connectivity index (χ0v) is 10.8. The van der Waals surface area contributed by atoms with E-state index in [4.69, 9.17) is 0 Å². The molecule has 3 nitrogen and oxygen atoms in total. The summed E-state index contributed by atoms with van der Waals surface area (Å²) in [6.07, 6.45) is 1.77. The summed E-state index contributed by atoms with van der Waals surface area (Å²) in [5.41, 5.74) is 1.35. The van der Waals surface area contributed by atoms with E-state index in [-0.39, 0.29) is 5.82 Å². The van der Waals surface area contributed by atoms with E-state index in [2.05, 4.69) is 10.2 Å². The third-order valence-electron chi connectivity index (χ3n) is 3.45. The molecule has 100 valence electrons. The average molecular weight is 252 g/mol. The first-order valence-corrected chi connectivity index (χ1v) is 6.54. The first kappa shape index (κ1) is 13.5. The van der Waals surface area contributed by atoms with Crippen LogP contribution in [-0.2, 0) is 6.54 Å². The summed E-state index contributed by atoms with van der Waals surface area (Å²) in [6, 6.07) is 5.06. The van der Waals surface area contributed by atoms with E-state index < -0.39 is 6.10 Å². The molecule has 0 spiro atoms. The van der Waals surface area contributed by atoms with Gasteiger partial charge in [-0.1, -0.05) is 12.1 Å². The second-order valence-electron chi connectivity index (χ2n) is 4.91. The van der Waals surface area contributed by atoms with Gasteiger partial charge in [0.15, 0.2) is 0 Å². The third kappa shape index (κ3) is 3.28. The van der Waals surface area contributed by atoms with Crippen molar-refractivity contribution >= 4 is 0 Å². The molecule has 2 rings (SSSR count). The standard InChI is InChI=1S/C14H21FN2O/c1-16-9-14(18)11-4-5-12(13(15)8-11)10-17-6-2-3-7-17/h4-5,8,14,16,18H,2-3,6-7,9-10H2,1H3. The zero-order valence-electron chi connectivity index (χ0n) is 10.8. The monoisotopic (exact) mass is 252 g/mol. The van der Waals surface area contributed by atoms with Gasteiger partial charge in [0.1, 0.15) is 5.82 Å². The Morgan fingerprint density at radius 2 is 2.11 bits per heavy atom. The van der Waals surface area contributed by atoms with Crippen molar-refractivity contribution in [2.75, 3.05) is 26.7 Å². The molecular formula is C14H21FN2O. The maximum absolute atomic E-state index is 13.9. The highest BCUT2D eigenvalue weighted by atomic mass is 19.1. The van der Waals surface area contributed by atoms with Crippen LogP contribution in [0.1, 0.15) is 30.1 Å². The van der Waals surface area contributed by atoms with Gasteiger partial charge in [0, 0.05) is 18.7 Å². The van der Waals surface area contributed by atoms with Crippen molar-refractivity contribution in [3.63, 3.8) is 0 Å². The average Bonchev–Trinajstić information content (AvgIpc) is 2.85. The molecule has 0 amide bonds. The Labute approximate surface area is 108 Å². The summed E-state index contributed by atoms with van der Waals surface area (Å²) >= 11 is 0. The Balaban J connectivity index is 2.04. The molecule has 1 atom stereocenters. The lowest BCUT2D eigenvalue weighted by atomic mass is 10.1. The highest BCUT2D eigenvalue weighted by Crippen LogP contribution is 2.19. The van der Waals surface area contributed by atoms with E-state index >= 15 is 0 Å². The molecule has 1 aromatic carbocycles. The summed E-state index contributed by atoms with van der Waals surface area (Å²) < 4.78 is 13.9. The molecule has 2 N–H and O–H groups in total. The lowest BCUT2D eigenvalue weighted by molar-refractivity contribution is 0.177. The molecule has 0 aliphatic carbocycles. The SMILES string of the molecule is CNCC(O)c1ccc(CN2CCCC2)c(F)c1. The van der Waals surface area contributed by atoms with Gasteiger partial charge in [-0.25, -0.2) is 4.39 Å². The molecule has 0 aromatic heterocycles. The van der Waals surface area contributed by atoms with E-state index in [0.29, 0.717) is 18.7 Å². The van der Waals surface area contributed by atoms with Crippen LogP contribution in [0.4, 0.5) is 4.39 Å². The van der Waals surface area contributed by atoms with E-state index in [1.807, 2.05) is 6.07 Å². The molecule has 1 aromatic rings. The van der Waals surface area contributed by atoms with Crippen LogP contribution in [0.15, 0.2) is 18.2 Å². The van der Waals surface area contributed by atoms with Gasteiger partial charge in [-0.2, -0.15) is 0 Å². The number of aliphatic hydroxyl groups is 1. The quantitative estimate of drug-likeness (QED) is 0.837. The van der Waals surface area contributed by atoms with Gasteiger partial charge >= 0.3 is 0 Å². The van der Waals surface area contributed by atoms with Crippen LogP contribution in [0.2, 0.25) is 0 Å². The summed E-state index contributed by atoms with van der Waals surface area (Å²) in [4.78, 5) is 2.27. The van der Waals surface area contributed by atoms with Gasteiger partial charge in [-0.15, -0.1) is 0 Å². The topological polar surface area (TPSA) is 35.5 Å². The third-order valence-corrected chi connectivity index (χ3v) is 3.45. The molecule has 1 aliphatic rings. The van der Waals surface area contributed by atoms with Crippen molar-refractivity contribution in [2.45, 2.75) is 25.5 Å². The molecule has 0 radical (unpaired) electrons. The zero-order chi connectivity index (χ0) is 13.0. The van der Waals surface area contributed by atoms with E-state index in [1.54, 1.807) is 13.1 Å². The molecule has 1 fully saturated rings. The fraction of sp³-hybridized carbons (Fsp3) is 0.571. The molecule has 1 aliphatic heterocycles. The van der Waals surface area contributed by atoms with Gasteiger partial charge in [0.25, 0.3) is 0 Å². The van der Waals surface area contributed by atoms with Crippen LogP contribution in [0.25, 0.3) is 0 Å². The van der Waals surface area contributed by atoms with Crippen LogP contribution in [0, 0.1) is 5.82 Å². The molecule has 1 saturated heterocycles. The van der Waals surface area contributed by atoms with Crippen LogP contribution >= 0.6 is 0 Å². The maximum Gasteiger partial charge on any atom is 0.128 e. The minimum absolute atomic E-state index is 0.213. The van der Waals surface area contributed by atoms with Gasteiger partial charge in [-0.05, 0) is 44.6 Å². The number of benzene rings is 1. The molecule has 4 heteroatoms. The number of nitrogens with one attached hydrogen (secondary N) is 1. The number of rotatable bonds is 5. The number of hydrogen-bond acceptors (Lipinski definition) is 3. The maximum atomic E-state index is 13.9. The predicted octanol–water partition coefficient (Wildman–Crippen LogP) is 1.67.